The molecule has 1 unspecified atom stereocenters. The molecule has 0 radical (unpaired) electrons. The largest absolute Gasteiger partial charge is 0.349 e. The molecule has 96 valence electrons. The van der Waals surface area contributed by atoms with E-state index in [2.05, 4.69) is 34.9 Å². The van der Waals surface area contributed by atoms with Crippen LogP contribution >= 0.6 is 0 Å². The molecule has 1 fully saturated rings. The summed E-state index contributed by atoms with van der Waals surface area (Å²) < 4.78 is 0. The fourth-order valence-electron chi connectivity index (χ4n) is 2.65. The SMILES string of the molecule is O=C(CCNC1CC1)NC1CCc2ccccc21. The highest BCUT2D eigenvalue weighted by atomic mass is 16.1. The smallest absolute Gasteiger partial charge is 0.221 e. The number of amides is 1. The quantitative estimate of drug-likeness (QED) is 0.831. The molecule has 3 rings (SSSR count). The lowest BCUT2D eigenvalue weighted by Crippen LogP contribution is -2.30. The number of hydrogen-bond donors (Lipinski definition) is 2. The molecular formula is C15H20N2O. The first kappa shape index (κ1) is 11.7. The molecule has 18 heavy (non-hydrogen) atoms. The normalized spacial score (nSPS) is 21.7. The van der Waals surface area contributed by atoms with E-state index in [1.165, 1.54) is 24.0 Å². The summed E-state index contributed by atoms with van der Waals surface area (Å²) >= 11 is 0. The van der Waals surface area contributed by atoms with Gasteiger partial charge in [0.15, 0.2) is 0 Å². The highest BCUT2D eigenvalue weighted by Crippen LogP contribution is 2.30. The van der Waals surface area contributed by atoms with Crippen molar-refractivity contribution >= 4 is 5.91 Å². The third-order valence-electron chi connectivity index (χ3n) is 3.83. The summed E-state index contributed by atoms with van der Waals surface area (Å²) in [6, 6.07) is 9.34. The number of aryl methyl sites for hydroxylation is 1. The molecule has 1 aromatic carbocycles. The fourth-order valence-corrected chi connectivity index (χ4v) is 2.65. The molecule has 0 aromatic heterocycles. The maximum absolute atomic E-state index is 11.9. The first-order chi connectivity index (χ1) is 8.83. The highest BCUT2D eigenvalue weighted by Gasteiger charge is 2.24. The third kappa shape index (κ3) is 2.72. The third-order valence-corrected chi connectivity index (χ3v) is 3.83. The predicted octanol–water partition coefficient (Wildman–Crippen LogP) is 1.93. The average Bonchev–Trinajstić information content (AvgIpc) is 3.11. The maximum atomic E-state index is 11.9. The summed E-state index contributed by atoms with van der Waals surface area (Å²) in [5.74, 6) is 0.171. The Morgan fingerprint density at radius 1 is 1.22 bits per heavy atom. The topological polar surface area (TPSA) is 41.1 Å². The monoisotopic (exact) mass is 244 g/mol. The average molecular weight is 244 g/mol. The van der Waals surface area contributed by atoms with Gasteiger partial charge in [-0.05, 0) is 36.8 Å². The van der Waals surface area contributed by atoms with Crippen LogP contribution in [0.1, 0.15) is 42.9 Å². The van der Waals surface area contributed by atoms with Crippen molar-refractivity contribution in [1.29, 1.82) is 0 Å². The van der Waals surface area contributed by atoms with Gasteiger partial charge in [0.2, 0.25) is 5.91 Å². The lowest BCUT2D eigenvalue weighted by Gasteiger charge is -2.14. The van der Waals surface area contributed by atoms with Gasteiger partial charge < -0.3 is 10.6 Å². The van der Waals surface area contributed by atoms with Crippen LogP contribution in [0, 0.1) is 0 Å². The second-order valence-electron chi connectivity index (χ2n) is 5.34. The summed E-state index contributed by atoms with van der Waals surface area (Å²) in [5.41, 5.74) is 2.69. The number of carbonyl (C=O) groups excluding carboxylic acids is 1. The van der Waals surface area contributed by atoms with E-state index in [4.69, 9.17) is 0 Å². The molecule has 1 saturated carbocycles. The van der Waals surface area contributed by atoms with Crippen LogP contribution in [0.5, 0.6) is 0 Å². The van der Waals surface area contributed by atoms with Crippen molar-refractivity contribution in [3.63, 3.8) is 0 Å². The maximum Gasteiger partial charge on any atom is 0.221 e. The molecular weight excluding hydrogens is 224 g/mol. The minimum atomic E-state index is 0.171. The second-order valence-corrected chi connectivity index (χ2v) is 5.34. The van der Waals surface area contributed by atoms with Crippen LogP contribution in [0.2, 0.25) is 0 Å². The summed E-state index contributed by atoms with van der Waals surface area (Å²) in [6.45, 7) is 0.810. The van der Waals surface area contributed by atoms with Crippen molar-refractivity contribution in [2.45, 2.75) is 44.2 Å². The molecule has 2 aliphatic rings. The van der Waals surface area contributed by atoms with Gasteiger partial charge in [0.05, 0.1) is 6.04 Å². The summed E-state index contributed by atoms with van der Waals surface area (Å²) in [7, 11) is 0. The van der Waals surface area contributed by atoms with Crippen LogP contribution in [-0.4, -0.2) is 18.5 Å². The Kier molecular flexibility index (Phi) is 3.33. The van der Waals surface area contributed by atoms with Gasteiger partial charge in [0, 0.05) is 19.0 Å². The lowest BCUT2D eigenvalue weighted by molar-refractivity contribution is -0.121. The minimum absolute atomic E-state index is 0.171. The van der Waals surface area contributed by atoms with E-state index < -0.39 is 0 Å². The van der Waals surface area contributed by atoms with E-state index in [1.807, 2.05) is 0 Å². The van der Waals surface area contributed by atoms with Crippen molar-refractivity contribution in [2.75, 3.05) is 6.54 Å². The molecule has 2 aliphatic carbocycles. The van der Waals surface area contributed by atoms with Gasteiger partial charge in [-0.2, -0.15) is 0 Å². The molecule has 0 saturated heterocycles. The molecule has 0 heterocycles. The minimum Gasteiger partial charge on any atom is -0.349 e. The highest BCUT2D eigenvalue weighted by molar-refractivity contribution is 5.76. The number of nitrogens with one attached hydrogen (secondary N) is 2. The van der Waals surface area contributed by atoms with Crippen LogP contribution in [0.15, 0.2) is 24.3 Å². The molecule has 3 nitrogen and oxygen atoms in total. The Bertz CT molecular complexity index is 440. The molecule has 1 atom stereocenters. The van der Waals surface area contributed by atoms with Crippen LogP contribution in [0.3, 0.4) is 0 Å². The molecule has 1 aromatic rings. The predicted molar refractivity (Wildman–Crippen MR) is 71.3 cm³/mol. The standard InChI is InChI=1S/C15H20N2O/c18-15(9-10-16-12-6-7-12)17-14-8-5-11-3-1-2-4-13(11)14/h1-4,12,14,16H,5-10H2,(H,17,18). The van der Waals surface area contributed by atoms with Gasteiger partial charge in [-0.3, -0.25) is 4.79 Å². The molecule has 0 bridgehead atoms. The zero-order valence-electron chi connectivity index (χ0n) is 10.6. The van der Waals surface area contributed by atoms with E-state index in [-0.39, 0.29) is 11.9 Å². The first-order valence-corrected chi connectivity index (χ1v) is 6.93. The summed E-state index contributed by atoms with van der Waals surface area (Å²) in [5, 5.41) is 6.52. The van der Waals surface area contributed by atoms with E-state index in [0.29, 0.717) is 12.5 Å². The summed E-state index contributed by atoms with van der Waals surface area (Å²) in [6.07, 6.45) is 5.27. The van der Waals surface area contributed by atoms with E-state index in [1.54, 1.807) is 0 Å². The number of rotatable bonds is 5. The van der Waals surface area contributed by atoms with Crippen molar-refractivity contribution < 1.29 is 4.79 Å². The van der Waals surface area contributed by atoms with Crippen molar-refractivity contribution in [1.82, 2.24) is 10.6 Å². The van der Waals surface area contributed by atoms with Gasteiger partial charge >= 0.3 is 0 Å². The lowest BCUT2D eigenvalue weighted by atomic mass is 10.1. The van der Waals surface area contributed by atoms with Gasteiger partial charge in [-0.25, -0.2) is 0 Å². The van der Waals surface area contributed by atoms with E-state index in [0.717, 1.165) is 19.4 Å². The van der Waals surface area contributed by atoms with Crippen molar-refractivity contribution in [2.24, 2.45) is 0 Å². The zero-order chi connectivity index (χ0) is 12.4. The van der Waals surface area contributed by atoms with Gasteiger partial charge in [0.25, 0.3) is 0 Å². The van der Waals surface area contributed by atoms with Crippen molar-refractivity contribution in [3.8, 4) is 0 Å². The number of fused-ring (bicyclic) bond motifs is 1. The Balaban J connectivity index is 1.49. The summed E-state index contributed by atoms with van der Waals surface area (Å²) in [4.78, 5) is 11.9. The number of hydrogen-bond acceptors (Lipinski definition) is 2. The number of carbonyl (C=O) groups is 1. The molecule has 2 N–H and O–H groups in total. The zero-order valence-corrected chi connectivity index (χ0v) is 10.6. The van der Waals surface area contributed by atoms with E-state index >= 15 is 0 Å². The molecule has 0 aliphatic heterocycles. The number of benzene rings is 1. The van der Waals surface area contributed by atoms with Crippen LogP contribution < -0.4 is 10.6 Å². The Labute approximate surface area is 108 Å². The first-order valence-electron chi connectivity index (χ1n) is 6.93. The van der Waals surface area contributed by atoms with E-state index in [9.17, 15) is 4.79 Å². The van der Waals surface area contributed by atoms with Gasteiger partial charge in [-0.1, -0.05) is 24.3 Å². The van der Waals surface area contributed by atoms with Crippen molar-refractivity contribution in [3.05, 3.63) is 35.4 Å². The second kappa shape index (κ2) is 5.11. The Hall–Kier alpha value is -1.35. The van der Waals surface area contributed by atoms with Gasteiger partial charge in [-0.15, -0.1) is 0 Å². The van der Waals surface area contributed by atoms with Gasteiger partial charge in [0.1, 0.15) is 0 Å². The fraction of sp³-hybridized carbons (Fsp3) is 0.533. The van der Waals surface area contributed by atoms with Crippen LogP contribution in [-0.2, 0) is 11.2 Å². The van der Waals surface area contributed by atoms with Crippen LogP contribution in [0.4, 0.5) is 0 Å². The Morgan fingerprint density at radius 3 is 2.89 bits per heavy atom. The molecule has 3 heteroatoms. The Morgan fingerprint density at radius 2 is 2.06 bits per heavy atom. The molecule has 1 amide bonds. The molecule has 0 spiro atoms. The van der Waals surface area contributed by atoms with Crippen LogP contribution in [0.25, 0.3) is 0 Å².